The lowest BCUT2D eigenvalue weighted by Crippen LogP contribution is -1.95. The fourth-order valence-electron chi connectivity index (χ4n) is 1.40. The Morgan fingerprint density at radius 2 is 2.12 bits per heavy atom. The van der Waals surface area contributed by atoms with Crippen molar-refractivity contribution in [3.63, 3.8) is 0 Å². The summed E-state index contributed by atoms with van der Waals surface area (Å²) in [5.74, 6) is 1.02. The molecule has 0 aliphatic rings. The molecule has 0 spiro atoms. The molecule has 0 aliphatic heterocycles. The van der Waals surface area contributed by atoms with Gasteiger partial charge in [0.2, 0.25) is 11.7 Å². The smallest absolute Gasteiger partial charge is 0.240 e. The summed E-state index contributed by atoms with van der Waals surface area (Å²) in [6, 6.07) is 4.01. The molecule has 1 aromatic heterocycles. The topological polar surface area (TPSA) is 64.9 Å². The molecular formula is C11H12BrN3O. The molecule has 0 saturated heterocycles. The maximum atomic E-state index is 5.42. The third kappa shape index (κ3) is 2.01. The summed E-state index contributed by atoms with van der Waals surface area (Å²) >= 11 is 3.51. The summed E-state index contributed by atoms with van der Waals surface area (Å²) < 4.78 is 6.02. The SMILES string of the molecule is Cc1cc(-c2noc(CN)n2)cc(Br)c1C. The van der Waals surface area contributed by atoms with Crippen LogP contribution in [0, 0.1) is 13.8 Å². The zero-order valence-electron chi connectivity index (χ0n) is 9.12. The van der Waals surface area contributed by atoms with E-state index in [1.807, 2.05) is 19.1 Å². The summed E-state index contributed by atoms with van der Waals surface area (Å²) in [5, 5.41) is 3.88. The van der Waals surface area contributed by atoms with Gasteiger partial charge in [-0.1, -0.05) is 21.1 Å². The van der Waals surface area contributed by atoms with Crippen molar-refractivity contribution in [2.45, 2.75) is 20.4 Å². The quantitative estimate of drug-likeness (QED) is 0.919. The van der Waals surface area contributed by atoms with E-state index in [1.54, 1.807) is 0 Å². The third-order valence-corrected chi connectivity index (χ3v) is 3.33. The Hall–Kier alpha value is -1.20. The Bertz CT molecular complexity index is 499. The van der Waals surface area contributed by atoms with Crippen molar-refractivity contribution in [1.29, 1.82) is 0 Å². The maximum absolute atomic E-state index is 5.42. The van der Waals surface area contributed by atoms with Crippen molar-refractivity contribution >= 4 is 15.9 Å². The van der Waals surface area contributed by atoms with Crippen molar-refractivity contribution in [2.75, 3.05) is 0 Å². The number of nitrogens with zero attached hydrogens (tertiary/aromatic N) is 2. The number of benzene rings is 1. The fraction of sp³-hybridized carbons (Fsp3) is 0.273. The lowest BCUT2D eigenvalue weighted by molar-refractivity contribution is 0.380. The third-order valence-electron chi connectivity index (χ3n) is 2.50. The number of halogens is 1. The predicted molar refractivity (Wildman–Crippen MR) is 64.8 cm³/mol. The molecule has 84 valence electrons. The van der Waals surface area contributed by atoms with Crippen molar-refractivity contribution < 1.29 is 4.52 Å². The molecule has 2 aromatic rings. The lowest BCUT2D eigenvalue weighted by Gasteiger charge is -2.04. The van der Waals surface area contributed by atoms with Crippen LogP contribution >= 0.6 is 15.9 Å². The highest BCUT2D eigenvalue weighted by Gasteiger charge is 2.10. The van der Waals surface area contributed by atoms with Crippen LogP contribution in [0.15, 0.2) is 21.1 Å². The van der Waals surface area contributed by atoms with Gasteiger partial charge in [0.15, 0.2) is 0 Å². The molecule has 0 radical (unpaired) electrons. The van der Waals surface area contributed by atoms with Crippen LogP contribution in [0.4, 0.5) is 0 Å². The molecule has 0 atom stereocenters. The van der Waals surface area contributed by atoms with Gasteiger partial charge >= 0.3 is 0 Å². The number of aryl methyl sites for hydroxylation is 1. The van der Waals surface area contributed by atoms with Crippen LogP contribution in [0.5, 0.6) is 0 Å². The first kappa shape index (κ1) is 11.3. The molecule has 0 aliphatic carbocycles. The Morgan fingerprint density at radius 3 is 2.69 bits per heavy atom. The fourth-order valence-corrected chi connectivity index (χ4v) is 1.96. The molecule has 1 heterocycles. The van der Waals surface area contributed by atoms with E-state index in [0.717, 1.165) is 10.0 Å². The molecule has 0 bridgehead atoms. The summed E-state index contributed by atoms with van der Waals surface area (Å²) in [6.45, 7) is 4.37. The second-order valence-electron chi connectivity index (χ2n) is 3.62. The first-order valence-electron chi connectivity index (χ1n) is 4.91. The second-order valence-corrected chi connectivity index (χ2v) is 4.47. The normalized spacial score (nSPS) is 10.8. The first-order chi connectivity index (χ1) is 7.61. The Labute approximate surface area is 102 Å². The number of nitrogens with two attached hydrogens (primary N) is 1. The molecule has 0 saturated carbocycles. The van der Waals surface area contributed by atoms with E-state index in [4.69, 9.17) is 10.3 Å². The lowest BCUT2D eigenvalue weighted by atomic mass is 10.1. The van der Waals surface area contributed by atoms with Gasteiger partial charge in [-0.15, -0.1) is 0 Å². The van der Waals surface area contributed by atoms with Crippen molar-refractivity contribution in [2.24, 2.45) is 5.73 Å². The van der Waals surface area contributed by atoms with Crippen LogP contribution in [0.2, 0.25) is 0 Å². The molecule has 2 N–H and O–H groups in total. The Morgan fingerprint density at radius 1 is 1.38 bits per heavy atom. The van der Waals surface area contributed by atoms with Crippen LogP contribution in [0.3, 0.4) is 0 Å². The summed E-state index contributed by atoms with van der Waals surface area (Å²) in [7, 11) is 0. The van der Waals surface area contributed by atoms with Crippen LogP contribution in [0.25, 0.3) is 11.4 Å². The monoisotopic (exact) mass is 281 g/mol. The molecule has 4 nitrogen and oxygen atoms in total. The predicted octanol–water partition coefficient (Wildman–Crippen LogP) is 2.57. The second kappa shape index (κ2) is 4.35. The van der Waals surface area contributed by atoms with Crippen molar-refractivity contribution in [1.82, 2.24) is 10.1 Å². The van der Waals surface area contributed by atoms with Gasteiger partial charge in [0, 0.05) is 10.0 Å². The van der Waals surface area contributed by atoms with E-state index in [1.165, 1.54) is 11.1 Å². The van der Waals surface area contributed by atoms with E-state index in [0.29, 0.717) is 11.7 Å². The van der Waals surface area contributed by atoms with Gasteiger partial charge in [0.25, 0.3) is 0 Å². The summed E-state index contributed by atoms with van der Waals surface area (Å²) in [5.41, 5.74) is 8.75. The van der Waals surface area contributed by atoms with Gasteiger partial charge < -0.3 is 10.3 Å². The molecule has 2 rings (SSSR count). The molecular weight excluding hydrogens is 270 g/mol. The molecule has 5 heteroatoms. The largest absolute Gasteiger partial charge is 0.338 e. The van der Waals surface area contributed by atoms with Gasteiger partial charge in [-0.05, 0) is 37.1 Å². The zero-order valence-corrected chi connectivity index (χ0v) is 10.7. The first-order valence-corrected chi connectivity index (χ1v) is 5.71. The maximum Gasteiger partial charge on any atom is 0.240 e. The minimum absolute atomic E-state index is 0.263. The van der Waals surface area contributed by atoms with Crippen molar-refractivity contribution in [3.05, 3.63) is 33.6 Å². The number of aromatic nitrogens is 2. The standard InChI is InChI=1S/C11H12BrN3O/c1-6-3-8(4-9(12)7(6)2)11-14-10(5-13)16-15-11/h3-4H,5,13H2,1-2H3. The zero-order chi connectivity index (χ0) is 11.7. The number of hydrogen-bond donors (Lipinski definition) is 1. The minimum Gasteiger partial charge on any atom is -0.338 e. The highest BCUT2D eigenvalue weighted by Crippen LogP contribution is 2.26. The van der Waals surface area contributed by atoms with E-state index < -0.39 is 0 Å². The Kier molecular flexibility index (Phi) is 3.07. The van der Waals surface area contributed by atoms with Crippen LogP contribution in [0.1, 0.15) is 17.0 Å². The van der Waals surface area contributed by atoms with Crippen LogP contribution in [-0.4, -0.2) is 10.1 Å². The molecule has 16 heavy (non-hydrogen) atoms. The van der Waals surface area contributed by atoms with E-state index in [-0.39, 0.29) is 6.54 Å². The minimum atomic E-state index is 0.263. The van der Waals surface area contributed by atoms with Gasteiger partial charge in [-0.2, -0.15) is 4.98 Å². The number of rotatable bonds is 2. The van der Waals surface area contributed by atoms with Gasteiger partial charge in [0.1, 0.15) is 0 Å². The average Bonchev–Trinajstić information content (AvgIpc) is 2.73. The molecule has 0 unspecified atom stereocenters. The van der Waals surface area contributed by atoms with Gasteiger partial charge in [-0.25, -0.2) is 0 Å². The Balaban J connectivity index is 2.48. The number of hydrogen-bond acceptors (Lipinski definition) is 4. The highest BCUT2D eigenvalue weighted by molar-refractivity contribution is 9.10. The molecule has 0 fully saturated rings. The van der Waals surface area contributed by atoms with Crippen molar-refractivity contribution in [3.8, 4) is 11.4 Å². The average molecular weight is 282 g/mol. The van der Waals surface area contributed by atoms with E-state index in [9.17, 15) is 0 Å². The molecule has 1 aromatic carbocycles. The van der Waals surface area contributed by atoms with Gasteiger partial charge in [0.05, 0.1) is 6.54 Å². The van der Waals surface area contributed by atoms with Crippen LogP contribution in [-0.2, 0) is 6.54 Å². The summed E-state index contributed by atoms with van der Waals surface area (Å²) in [4.78, 5) is 4.19. The molecule has 0 amide bonds. The van der Waals surface area contributed by atoms with E-state index >= 15 is 0 Å². The van der Waals surface area contributed by atoms with Gasteiger partial charge in [-0.3, -0.25) is 0 Å². The highest BCUT2D eigenvalue weighted by atomic mass is 79.9. The summed E-state index contributed by atoms with van der Waals surface area (Å²) in [6.07, 6.45) is 0. The van der Waals surface area contributed by atoms with E-state index in [2.05, 4.69) is 33.0 Å². The van der Waals surface area contributed by atoms with Crippen LogP contribution < -0.4 is 5.73 Å².